The number of pyridine rings is 1. The minimum atomic E-state index is -3.63. The maximum Gasteiger partial charge on any atom is 0.282 e. The lowest BCUT2D eigenvalue weighted by Gasteiger charge is -2.33. The number of hydrogen-bond acceptors (Lipinski definition) is 7. The molecule has 0 N–H and O–H groups in total. The number of hydrogen-bond donors (Lipinski definition) is 0. The molecular formula is C21H17ClN4O3S3. The fraction of sp³-hybridized carbons (Fsp3) is 0.190. The number of thiophene rings is 1. The molecule has 1 fully saturated rings. The Bertz CT molecular complexity index is 1390. The van der Waals surface area contributed by atoms with E-state index in [0.29, 0.717) is 23.1 Å². The third-order valence-corrected chi connectivity index (χ3v) is 9.87. The zero-order valence-electron chi connectivity index (χ0n) is 16.6. The lowest BCUT2D eigenvalue weighted by atomic mass is 10.3. The molecule has 1 amide bonds. The molecular weight excluding hydrogens is 488 g/mol. The quantitative estimate of drug-likeness (QED) is 0.415. The molecule has 1 aliphatic heterocycles. The van der Waals surface area contributed by atoms with E-state index < -0.39 is 10.0 Å². The van der Waals surface area contributed by atoms with E-state index in [1.807, 2.05) is 24.3 Å². The summed E-state index contributed by atoms with van der Waals surface area (Å²) in [6, 6.07) is 12.6. The van der Waals surface area contributed by atoms with Gasteiger partial charge in [-0.1, -0.05) is 23.7 Å². The van der Waals surface area contributed by atoms with Gasteiger partial charge in [0.05, 0.1) is 10.6 Å². The zero-order chi connectivity index (χ0) is 22.3. The van der Waals surface area contributed by atoms with Gasteiger partial charge in [-0.3, -0.25) is 9.78 Å². The number of piperazine rings is 1. The van der Waals surface area contributed by atoms with Crippen molar-refractivity contribution in [2.45, 2.75) is 4.21 Å². The van der Waals surface area contributed by atoms with Crippen LogP contribution in [0.4, 0.5) is 0 Å². The average Bonchev–Trinajstić information content (AvgIpc) is 3.47. The number of rotatable bonds is 4. The van der Waals surface area contributed by atoms with Crippen LogP contribution in [0.1, 0.15) is 9.80 Å². The Labute approximate surface area is 198 Å². The summed E-state index contributed by atoms with van der Waals surface area (Å²) < 4.78 is 28.8. The molecule has 32 heavy (non-hydrogen) atoms. The second-order valence-electron chi connectivity index (χ2n) is 7.19. The summed E-state index contributed by atoms with van der Waals surface area (Å²) in [6.07, 6.45) is 3.34. The maximum atomic E-state index is 13.1. The summed E-state index contributed by atoms with van der Waals surface area (Å²) in [6.45, 7) is 1.10. The molecule has 0 aliphatic carbocycles. The van der Waals surface area contributed by atoms with Crippen LogP contribution >= 0.6 is 34.3 Å². The van der Waals surface area contributed by atoms with Crippen LogP contribution in [0, 0.1) is 0 Å². The van der Waals surface area contributed by atoms with Crippen molar-refractivity contribution in [3.05, 3.63) is 64.9 Å². The standard InChI is InChI=1S/C21H17ClN4O3S3/c22-15-5-4-14-11-19(30-17(14)12-15)32(28,29)26-9-7-25(8-10-26)21(27)20-24-13-18(31-20)16-3-1-2-6-23-16/h1-6,11-13H,7-10H2. The van der Waals surface area contributed by atoms with Crippen molar-refractivity contribution in [1.29, 1.82) is 0 Å². The topological polar surface area (TPSA) is 83.5 Å². The van der Waals surface area contributed by atoms with Gasteiger partial charge in [-0.15, -0.1) is 22.7 Å². The number of halogens is 1. The van der Waals surface area contributed by atoms with Crippen LogP contribution in [0.3, 0.4) is 0 Å². The van der Waals surface area contributed by atoms with Crippen LogP contribution in [0.15, 0.2) is 59.1 Å². The minimum Gasteiger partial charge on any atom is -0.334 e. The van der Waals surface area contributed by atoms with E-state index in [4.69, 9.17) is 11.6 Å². The molecule has 0 atom stereocenters. The van der Waals surface area contributed by atoms with Gasteiger partial charge in [-0.05, 0) is 35.7 Å². The SMILES string of the molecule is O=C(c1ncc(-c2ccccn2)s1)N1CCN(S(=O)(=O)c2cc3ccc(Cl)cc3s2)CC1. The van der Waals surface area contributed by atoms with Gasteiger partial charge in [0.1, 0.15) is 4.21 Å². The second kappa shape index (κ2) is 8.53. The lowest BCUT2D eigenvalue weighted by molar-refractivity contribution is 0.0697. The van der Waals surface area contributed by atoms with Crippen molar-refractivity contribution >= 4 is 60.3 Å². The number of amides is 1. The summed E-state index contributed by atoms with van der Waals surface area (Å²) in [5, 5.41) is 1.80. The van der Waals surface area contributed by atoms with Gasteiger partial charge in [0.15, 0.2) is 5.01 Å². The fourth-order valence-electron chi connectivity index (χ4n) is 3.50. The van der Waals surface area contributed by atoms with Crippen LogP contribution in [0.2, 0.25) is 5.02 Å². The van der Waals surface area contributed by atoms with Gasteiger partial charge in [0.25, 0.3) is 15.9 Å². The molecule has 1 saturated heterocycles. The summed E-state index contributed by atoms with van der Waals surface area (Å²) in [4.78, 5) is 23.9. The molecule has 3 aromatic heterocycles. The Morgan fingerprint density at radius 1 is 1.00 bits per heavy atom. The molecule has 1 aliphatic rings. The fourth-order valence-corrected chi connectivity index (χ4v) is 7.61. The first-order valence-electron chi connectivity index (χ1n) is 9.77. The number of fused-ring (bicyclic) bond motifs is 1. The zero-order valence-corrected chi connectivity index (χ0v) is 19.8. The third-order valence-electron chi connectivity index (χ3n) is 5.19. The Balaban J connectivity index is 1.28. The molecule has 0 radical (unpaired) electrons. The largest absolute Gasteiger partial charge is 0.334 e. The van der Waals surface area contributed by atoms with E-state index in [1.54, 1.807) is 35.5 Å². The second-order valence-corrected chi connectivity index (χ2v) is 11.9. The van der Waals surface area contributed by atoms with Gasteiger partial charge in [-0.25, -0.2) is 13.4 Å². The van der Waals surface area contributed by atoms with E-state index in [9.17, 15) is 13.2 Å². The Kier molecular flexibility index (Phi) is 5.72. The average molecular weight is 505 g/mol. The highest BCUT2D eigenvalue weighted by Crippen LogP contribution is 2.33. The molecule has 0 unspecified atom stereocenters. The summed E-state index contributed by atoms with van der Waals surface area (Å²) in [5.41, 5.74) is 0.768. The number of aromatic nitrogens is 2. The van der Waals surface area contributed by atoms with Gasteiger partial charge in [0.2, 0.25) is 0 Å². The van der Waals surface area contributed by atoms with Crippen molar-refractivity contribution < 1.29 is 13.2 Å². The van der Waals surface area contributed by atoms with Crippen molar-refractivity contribution in [2.24, 2.45) is 0 Å². The summed E-state index contributed by atoms with van der Waals surface area (Å²) in [5.74, 6) is -0.189. The first kappa shape index (κ1) is 21.5. The lowest BCUT2D eigenvalue weighted by Crippen LogP contribution is -2.50. The molecule has 0 saturated carbocycles. The molecule has 0 spiro atoms. The Hall–Kier alpha value is -2.37. The maximum absolute atomic E-state index is 13.1. The highest BCUT2D eigenvalue weighted by Gasteiger charge is 2.32. The number of carbonyl (C=O) groups is 1. The van der Waals surface area contributed by atoms with Crippen LogP contribution in [0.25, 0.3) is 20.7 Å². The molecule has 1 aromatic carbocycles. The minimum absolute atomic E-state index is 0.189. The van der Waals surface area contributed by atoms with Crippen LogP contribution in [-0.2, 0) is 10.0 Å². The number of nitrogens with zero attached hydrogens (tertiary/aromatic N) is 4. The summed E-state index contributed by atoms with van der Waals surface area (Å²) >= 11 is 8.52. The van der Waals surface area contributed by atoms with E-state index >= 15 is 0 Å². The van der Waals surface area contributed by atoms with Gasteiger partial charge < -0.3 is 4.90 Å². The van der Waals surface area contributed by atoms with E-state index in [-0.39, 0.29) is 23.2 Å². The van der Waals surface area contributed by atoms with Crippen molar-refractivity contribution in [3.8, 4) is 10.6 Å². The number of sulfonamides is 1. The highest BCUT2D eigenvalue weighted by atomic mass is 35.5. The Morgan fingerprint density at radius 2 is 1.81 bits per heavy atom. The molecule has 164 valence electrons. The molecule has 4 heterocycles. The number of thiazole rings is 1. The predicted molar refractivity (Wildman–Crippen MR) is 127 cm³/mol. The smallest absolute Gasteiger partial charge is 0.282 e. The summed E-state index contributed by atoms with van der Waals surface area (Å²) in [7, 11) is -3.63. The van der Waals surface area contributed by atoms with E-state index in [0.717, 1.165) is 20.7 Å². The number of benzene rings is 1. The van der Waals surface area contributed by atoms with Gasteiger partial charge >= 0.3 is 0 Å². The molecule has 0 bridgehead atoms. The monoisotopic (exact) mass is 504 g/mol. The first-order valence-corrected chi connectivity index (χ1v) is 13.2. The molecule has 4 aromatic rings. The van der Waals surface area contributed by atoms with Gasteiger partial charge in [-0.2, -0.15) is 4.31 Å². The normalized spacial score (nSPS) is 15.3. The Morgan fingerprint density at radius 3 is 2.56 bits per heavy atom. The first-order chi connectivity index (χ1) is 15.4. The van der Waals surface area contributed by atoms with Crippen LogP contribution in [-0.4, -0.2) is 59.7 Å². The van der Waals surface area contributed by atoms with E-state index in [1.165, 1.54) is 27.0 Å². The predicted octanol–water partition coefficient (Wildman–Crippen LogP) is 4.22. The highest BCUT2D eigenvalue weighted by molar-refractivity contribution is 7.91. The van der Waals surface area contributed by atoms with Crippen LogP contribution in [0.5, 0.6) is 0 Å². The number of carbonyl (C=O) groups excluding carboxylic acids is 1. The van der Waals surface area contributed by atoms with Crippen molar-refractivity contribution in [3.63, 3.8) is 0 Å². The van der Waals surface area contributed by atoms with E-state index in [2.05, 4.69) is 9.97 Å². The van der Waals surface area contributed by atoms with Crippen molar-refractivity contribution in [1.82, 2.24) is 19.2 Å². The molecule has 5 rings (SSSR count). The van der Waals surface area contributed by atoms with Crippen molar-refractivity contribution in [2.75, 3.05) is 26.2 Å². The third kappa shape index (κ3) is 4.04. The van der Waals surface area contributed by atoms with Gasteiger partial charge in [0, 0.05) is 48.3 Å². The molecule has 11 heteroatoms. The molecule has 7 nitrogen and oxygen atoms in total. The van der Waals surface area contributed by atoms with Crippen LogP contribution < -0.4 is 0 Å².